The number of hydrogen-bond acceptors (Lipinski definition) is 9. The van der Waals surface area contributed by atoms with E-state index in [1.807, 2.05) is 13.8 Å². The summed E-state index contributed by atoms with van der Waals surface area (Å²) in [4.78, 5) is 44.5. The number of rotatable bonds is 11. The number of amides is 1. The normalized spacial score (nSPS) is 13.1. The molecule has 1 aromatic carbocycles. The van der Waals surface area contributed by atoms with Gasteiger partial charge in [0.25, 0.3) is 5.56 Å². The monoisotopic (exact) mass is 588 g/mol. The molecule has 2 atom stereocenters. The molecule has 0 unspecified atom stereocenters. The number of aliphatic hydroxyl groups is 1. The summed E-state index contributed by atoms with van der Waals surface area (Å²) < 4.78 is 28.0. The largest absolute Gasteiger partial charge is 0.496 e. The number of carbonyl (C=O) groups excluding carboxylic acids is 1. The lowest BCUT2D eigenvalue weighted by Crippen LogP contribution is -2.47. The molecule has 12 nitrogen and oxygen atoms in total. The third kappa shape index (κ3) is 5.67. The third-order valence-corrected chi connectivity index (χ3v) is 8.26. The first-order valence-electron chi connectivity index (χ1n) is 13.0. The van der Waals surface area contributed by atoms with Crippen LogP contribution in [-0.4, -0.2) is 73.5 Å². The van der Waals surface area contributed by atoms with Gasteiger partial charge in [-0.1, -0.05) is 11.3 Å². The first-order valence-corrected chi connectivity index (χ1v) is 13.8. The number of thiophene rings is 1. The zero-order valence-corrected chi connectivity index (χ0v) is 24.5. The van der Waals surface area contributed by atoms with E-state index in [2.05, 4.69) is 10.2 Å². The highest BCUT2D eigenvalue weighted by atomic mass is 32.1. The van der Waals surface area contributed by atoms with Gasteiger partial charge in [-0.15, -0.1) is 4.80 Å². The van der Waals surface area contributed by atoms with Crippen molar-refractivity contribution in [3.8, 4) is 10.8 Å². The Labute approximate surface area is 239 Å². The molecule has 0 fully saturated rings. The molecule has 0 aliphatic carbocycles. The van der Waals surface area contributed by atoms with Crippen molar-refractivity contribution in [3.63, 3.8) is 0 Å². The number of hydrogen-bond donors (Lipinski definition) is 1. The average Bonchev–Trinajstić information content (AvgIpc) is 3.60. The zero-order chi connectivity index (χ0) is 30.0. The Balaban J connectivity index is 2.00. The Hall–Kier alpha value is -3.88. The number of methoxy groups -OCH3 is 1. The van der Waals surface area contributed by atoms with Crippen LogP contribution in [0.1, 0.15) is 44.0 Å². The van der Waals surface area contributed by atoms with Crippen LogP contribution in [0, 0.1) is 12.7 Å². The molecule has 0 aliphatic heterocycles. The Kier molecular flexibility index (Phi) is 9.05. The molecule has 1 N–H and O–H groups in total. The number of aliphatic hydroxyl groups excluding tert-OH is 1. The number of nitrogens with zero attached hydrogens (tertiary/aromatic N) is 6. The second-order valence-corrected chi connectivity index (χ2v) is 10.8. The van der Waals surface area contributed by atoms with Gasteiger partial charge in [0, 0.05) is 24.2 Å². The average molecular weight is 589 g/mol. The first kappa shape index (κ1) is 30.1. The third-order valence-electron chi connectivity index (χ3n) is 6.98. The van der Waals surface area contributed by atoms with Gasteiger partial charge in [0.2, 0.25) is 5.91 Å². The van der Waals surface area contributed by atoms with Crippen LogP contribution < -0.4 is 16.0 Å². The van der Waals surface area contributed by atoms with Gasteiger partial charge < -0.3 is 19.5 Å². The number of likely N-dealkylation sites (N-methyl/N-ethyl adjacent to an activating group) is 1. The van der Waals surface area contributed by atoms with Crippen molar-refractivity contribution in [1.82, 2.24) is 29.0 Å². The lowest BCUT2D eigenvalue weighted by atomic mass is 10.1. The van der Waals surface area contributed by atoms with Gasteiger partial charge in [-0.2, -0.15) is 10.2 Å². The molecule has 4 aromatic rings. The number of halogens is 1. The van der Waals surface area contributed by atoms with Gasteiger partial charge in [-0.05, 0) is 45.9 Å². The van der Waals surface area contributed by atoms with Crippen molar-refractivity contribution in [2.75, 3.05) is 27.4 Å². The van der Waals surface area contributed by atoms with Gasteiger partial charge in [0.1, 0.15) is 33.5 Å². The molecular formula is C27H33FN6O6S. The molecule has 14 heteroatoms. The number of aryl methyl sites for hydroxylation is 1. The van der Waals surface area contributed by atoms with E-state index >= 15 is 0 Å². The Morgan fingerprint density at radius 3 is 2.49 bits per heavy atom. The maximum absolute atomic E-state index is 14.4. The van der Waals surface area contributed by atoms with Gasteiger partial charge in [-0.25, -0.2) is 13.8 Å². The maximum Gasteiger partial charge on any atom is 0.332 e. The van der Waals surface area contributed by atoms with E-state index in [0.29, 0.717) is 26.7 Å². The second-order valence-electron chi connectivity index (χ2n) is 9.79. The maximum atomic E-state index is 14.4. The van der Waals surface area contributed by atoms with Crippen molar-refractivity contribution >= 4 is 27.5 Å². The smallest absolute Gasteiger partial charge is 0.332 e. The van der Waals surface area contributed by atoms with Crippen LogP contribution in [0.4, 0.5) is 4.39 Å². The van der Waals surface area contributed by atoms with Crippen LogP contribution in [0.25, 0.3) is 15.2 Å². The van der Waals surface area contributed by atoms with Gasteiger partial charge in [0.15, 0.2) is 0 Å². The van der Waals surface area contributed by atoms with E-state index in [9.17, 15) is 23.9 Å². The highest BCUT2D eigenvalue weighted by molar-refractivity contribution is 7.21. The molecular weight excluding hydrogens is 555 g/mol. The standard InChI is InChI=1S/C27H33FN6O6S/c1-15(2)31(5)23(36)17(4)33-24(37)22-16(3)25(34-29-9-10-30-34)41-26(22)32(27(33)38)14-21(40-12-11-35)19-13-18(28)7-8-20(19)39-6/h7-10,13,15,17,21,35H,11-12,14H2,1-6H3/t17-,21+/m1/s1. The molecule has 0 saturated heterocycles. The van der Waals surface area contributed by atoms with Gasteiger partial charge in [-0.3, -0.25) is 14.2 Å². The summed E-state index contributed by atoms with van der Waals surface area (Å²) >= 11 is 1.13. The molecule has 1 amide bonds. The summed E-state index contributed by atoms with van der Waals surface area (Å²) in [5.74, 6) is -0.638. The van der Waals surface area contributed by atoms with E-state index in [0.717, 1.165) is 15.9 Å². The first-order chi connectivity index (χ1) is 19.5. The predicted molar refractivity (Wildman–Crippen MR) is 151 cm³/mol. The number of aromatic nitrogens is 5. The molecule has 4 rings (SSSR count). The lowest BCUT2D eigenvalue weighted by molar-refractivity contribution is -0.134. The molecule has 0 saturated carbocycles. The van der Waals surface area contributed by atoms with Crippen LogP contribution in [0.3, 0.4) is 0 Å². The zero-order valence-electron chi connectivity index (χ0n) is 23.7. The van der Waals surface area contributed by atoms with Crippen molar-refractivity contribution in [2.45, 2.75) is 52.4 Å². The minimum atomic E-state index is -1.12. The fourth-order valence-corrected chi connectivity index (χ4v) is 5.80. The molecule has 3 aromatic heterocycles. The summed E-state index contributed by atoms with van der Waals surface area (Å²) in [5, 5.41) is 18.6. The van der Waals surface area contributed by atoms with E-state index in [1.165, 1.54) is 58.9 Å². The quantitative estimate of drug-likeness (QED) is 0.283. The SMILES string of the molecule is COc1ccc(F)cc1[C@H](Cn1c(=O)n([C@H](C)C(=O)N(C)C(C)C)c(=O)c2c(C)c(-n3nccn3)sc21)OCCO. The summed E-state index contributed by atoms with van der Waals surface area (Å²) in [6.45, 7) is 6.28. The van der Waals surface area contributed by atoms with Crippen LogP contribution >= 0.6 is 11.3 Å². The highest BCUT2D eigenvalue weighted by Crippen LogP contribution is 2.34. The fourth-order valence-electron chi connectivity index (χ4n) is 4.58. The van der Waals surface area contributed by atoms with Gasteiger partial charge >= 0.3 is 5.69 Å². The van der Waals surface area contributed by atoms with E-state index in [4.69, 9.17) is 9.47 Å². The minimum Gasteiger partial charge on any atom is -0.496 e. The molecule has 0 spiro atoms. The van der Waals surface area contributed by atoms with E-state index in [1.54, 1.807) is 14.0 Å². The molecule has 0 bridgehead atoms. The molecule has 41 heavy (non-hydrogen) atoms. The van der Waals surface area contributed by atoms with Crippen molar-refractivity contribution in [3.05, 3.63) is 68.4 Å². The second kappa shape index (κ2) is 12.3. The van der Waals surface area contributed by atoms with Gasteiger partial charge in [0.05, 0.1) is 44.6 Å². The number of ether oxygens (including phenoxy) is 2. The molecule has 3 heterocycles. The fraction of sp³-hybridized carbons (Fsp3) is 0.444. The van der Waals surface area contributed by atoms with Crippen molar-refractivity contribution in [1.29, 1.82) is 0 Å². The number of benzene rings is 1. The predicted octanol–water partition coefficient (Wildman–Crippen LogP) is 2.44. The summed E-state index contributed by atoms with van der Waals surface area (Å²) in [5.41, 5.74) is -0.524. The van der Waals surface area contributed by atoms with Crippen LogP contribution in [0.2, 0.25) is 0 Å². The van der Waals surface area contributed by atoms with Crippen LogP contribution in [0.5, 0.6) is 5.75 Å². The Bertz CT molecular complexity index is 1660. The molecule has 220 valence electrons. The summed E-state index contributed by atoms with van der Waals surface area (Å²) in [7, 11) is 3.03. The number of carbonyl (C=O) groups is 1. The Morgan fingerprint density at radius 2 is 1.88 bits per heavy atom. The van der Waals surface area contributed by atoms with Crippen LogP contribution in [-0.2, 0) is 16.1 Å². The topological polar surface area (TPSA) is 134 Å². The Morgan fingerprint density at radius 1 is 1.20 bits per heavy atom. The lowest BCUT2D eigenvalue weighted by Gasteiger charge is -2.27. The van der Waals surface area contributed by atoms with E-state index in [-0.39, 0.29) is 31.2 Å². The summed E-state index contributed by atoms with van der Waals surface area (Å²) in [6.07, 6.45) is 2.02. The highest BCUT2D eigenvalue weighted by Gasteiger charge is 2.30. The molecule has 0 radical (unpaired) electrons. The van der Waals surface area contributed by atoms with Crippen molar-refractivity contribution < 1.29 is 23.8 Å². The van der Waals surface area contributed by atoms with Crippen molar-refractivity contribution in [2.24, 2.45) is 0 Å². The van der Waals surface area contributed by atoms with E-state index < -0.39 is 35.1 Å². The molecule has 0 aliphatic rings. The number of fused-ring (bicyclic) bond motifs is 1. The van der Waals surface area contributed by atoms with Crippen LogP contribution in [0.15, 0.2) is 40.2 Å². The summed E-state index contributed by atoms with van der Waals surface area (Å²) in [6, 6.07) is 2.63. The minimum absolute atomic E-state index is 0.109.